The van der Waals surface area contributed by atoms with Crippen LogP contribution in [0.15, 0.2) is 24.3 Å². The van der Waals surface area contributed by atoms with E-state index in [4.69, 9.17) is 4.74 Å². The second kappa shape index (κ2) is 5.46. The largest absolute Gasteiger partial charge is 0.484 e. The minimum absolute atomic E-state index is 0.0441. The molecule has 0 aliphatic carbocycles. The number of benzene rings is 1. The van der Waals surface area contributed by atoms with Crippen LogP contribution in [0.25, 0.3) is 0 Å². The lowest BCUT2D eigenvalue weighted by Crippen LogP contribution is -2.58. The molecule has 2 fully saturated rings. The SMILES string of the molecule is O=C(c1cccc(OCC(F)(F)F)c1)N1CC2(CCOC2)C1. The molecule has 1 aromatic carbocycles. The number of rotatable bonds is 3. The van der Waals surface area contributed by atoms with Gasteiger partial charge in [-0.1, -0.05) is 6.07 Å². The van der Waals surface area contributed by atoms with Gasteiger partial charge in [0.2, 0.25) is 0 Å². The molecule has 2 saturated heterocycles. The van der Waals surface area contributed by atoms with Gasteiger partial charge in [-0.05, 0) is 24.6 Å². The van der Waals surface area contributed by atoms with Crippen LogP contribution in [0.3, 0.4) is 0 Å². The minimum Gasteiger partial charge on any atom is -0.484 e. The first-order valence-corrected chi connectivity index (χ1v) is 7.04. The lowest BCUT2D eigenvalue weighted by molar-refractivity contribution is -0.153. The Morgan fingerprint density at radius 2 is 2.14 bits per heavy atom. The number of hydrogen-bond donors (Lipinski definition) is 0. The molecule has 0 N–H and O–H groups in total. The summed E-state index contributed by atoms with van der Waals surface area (Å²) >= 11 is 0. The fraction of sp³-hybridized carbons (Fsp3) is 0.533. The van der Waals surface area contributed by atoms with Gasteiger partial charge in [-0.2, -0.15) is 13.2 Å². The number of carbonyl (C=O) groups excluding carboxylic acids is 1. The average Bonchev–Trinajstić information content (AvgIpc) is 2.92. The third-order valence-corrected chi connectivity index (χ3v) is 4.01. The molecule has 1 spiro atoms. The van der Waals surface area contributed by atoms with E-state index in [1.54, 1.807) is 11.0 Å². The van der Waals surface area contributed by atoms with Gasteiger partial charge in [-0.15, -0.1) is 0 Å². The summed E-state index contributed by atoms with van der Waals surface area (Å²) in [6.45, 7) is 1.31. The highest BCUT2D eigenvalue weighted by Crippen LogP contribution is 2.39. The fourth-order valence-electron chi connectivity index (χ4n) is 2.87. The van der Waals surface area contributed by atoms with E-state index in [2.05, 4.69) is 4.74 Å². The van der Waals surface area contributed by atoms with Crippen molar-refractivity contribution in [2.24, 2.45) is 5.41 Å². The van der Waals surface area contributed by atoms with Gasteiger partial charge in [0.1, 0.15) is 5.75 Å². The lowest BCUT2D eigenvalue weighted by Gasteiger charge is -2.47. The number of ether oxygens (including phenoxy) is 2. The molecule has 7 heteroatoms. The van der Waals surface area contributed by atoms with Gasteiger partial charge in [-0.3, -0.25) is 4.79 Å². The Balaban J connectivity index is 1.61. The lowest BCUT2D eigenvalue weighted by atomic mass is 9.79. The molecule has 0 radical (unpaired) electrons. The number of halogens is 3. The maximum absolute atomic E-state index is 12.3. The number of carbonyl (C=O) groups is 1. The molecule has 1 amide bonds. The van der Waals surface area contributed by atoms with Gasteiger partial charge in [0.05, 0.1) is 6.61 Å². The molecule has 2 aliphatic rings. The molecular weight excluding hydrogens is 299 g/mol. The first-order valence-electron chi connectivity index (χ1n) is 7.04. The molecule has 0 atom stereocenters. The topological polar surface area (TPSA) is 38.8 Å². The van der Waals surface area contributed by atoms with E-state index >= 15 is 0 Å². The Bertz CT molecular complexity index is 559. The van der Waals surface area contributed by atoms with Crippen molar-refractivity contribution in [3.8, 4) is 5.75 Å². The second-order valence-electron chi connectivity index (χ2n) is 5.90. The van der Waals surface area contributed by atoms with Crippen LogP contribution >= 0.6 is 0 Å². The van der Waals surface area contributed by atoms with E-state index < -0.39 is 12.8 Å². The van der Waals surface area contributed by atoms with Crippen LogP contribution in [0.5, 0.6) is 5.75 Å². The van der Waals surface area contributed by atoms with Crippen LogP contribution in [-0.4, -0.2) is 49.9 Å². The summed E-state index contributed by atoms with van der Waals surface area (Å²) in [6.07, 6.45) is -3.45. The quantitative estimate of drug-likeness (QED) is 0.860. The number of likely N-dealkylation sites (tertiary alicyclic amines) is 1. The van der Waals surface area contributed by atoms with Gasteiger partial charge in [0, 0.05) is 30.7 Å². The summed E-state index contributed by atoms with van der Waals surface area (Å²) in [4.78, 5) is 14.0. The maximum Gasteiger partial charge on any atom is 0.422 e. The predicted molar refractivity (Wildman–Crippen MR) is 71.8 cm³/mol. The van der Waals surface area contributed by atoms with Crippen molar-refractivity contribution in [3.05, 3.63) is 29.8 Å². The van der Waals surface area contributed by atoms with Gasteiger partial charge < -0.3 is 14.4 Å². The zero-order valence-electron chi connectivity index (χ0n) is 11.9. The van der Waals surface area contributed by atoms with Crippen LogP contribution in [-0.2, 0) is 4.74 Å². The summed E-state index contributed by atoms with van der Waals surface area (Å²) in [6, 6.07) is 5.86. The van der Waals surface area contributed by atoms with Gasteiger partial charge in [0.25, 0.3) is 5.91 Å². The van der Waals surface area contributed by atoms with E-state index in [-0.39, 0.29) is 17.1 Å². The smallest absolute Gasteiger partial charge is 0.422 e. The van der Waals surface area contributed by atoms with Crippen molar-refractivity contribution in [1.29, 1.82) is 0 Å². The molecule has 0 bridgehead atoms. The predicted octanol–water partition coefficient (Wildman–Crippen LogP) is 2.49. The van der Waals surface area contributed by atoms with Crippen molar-refractivity contribution in [3.63, 3.8) is 0 Å². The van der Waals surface area contributed by atoms with Gasteiger partial charge in [0.15, 0.2) is 6.61 Å². The van der Waals surface area contributed by atoms with E-state index in [9.17, 15) is 18.0 Å². The molecule has 4 nitrogen and oxygen atoms in total. The summed E-state index contributed by atoms with van der Waals surface area (Å²) in [5, 5.41) is 0. The van der Waals surface area contributed by atoms with Crippen molar-refractivity contribution in [1.82, 2.24) is 4.90 Å². The van der Waals surface area contributed by atoms with Crippen molar-refractivity contribution in [2.45, 2.75) is 12.6 Å². The third-order valence-electron chi connectivity index (χ3n) is 4.01. The summed E-state index contributed by atoms with van der Waals surface area (Å²) < 4.78 is 46.5. The molecule has 2 aliphatic heterocycles. The van der Waals surface area contributed by atoms with Crippen LogP contribution < -0.4 is 4.74 Å². The molecule has 0 aromatic heterocycles. The maximum atomic E-state index is 12.3. The monoisotopic (exact) mass is 315 g/mol. The minimum atomic E-state index is -4.40. The van der Waals surface area contributed by atoms with E-state index in [0.717, 1.165) is 13.0 Å². The molecule has 3 rings (SSSR count). The van der Waals surface area contributed by atoms with E-state index in [1.165, 1.54) is 18.2 Å². The highest BCUT2D eigenvalue weighted by atomic mass is 19.4. The number of alkyl halides is 3. The summed E-state index contributed by atoms with van der Waals surface area (Å²) in [5.41, 5.74) is 0.425. The first kappa shape index (κ1) is 15.1. The van der Waals surface area contributed by atoms with Crippen molar-refractivity contribution >= 4 is 5.91 Å². The van der Waals surface area contributed by atoms with E-state index in [0.29, 0.717) is 25.3 Å². The highest BCUT2D eigenvalue weighted by molar-refractivity contribution is 5.95. The van der Waals surface area contributed by atoms with Gasteiger partial charge >= 0.3 is 6.18 Å². The molecular formula is C15H16F3NO3. The zero-order valence-corrected chi connectivity index (χ0v) is 11.9. The highest BCUT2D eigenvalue weighted by Gasteiger charge is 2.47. The molecule has 120 valence electrons. The molecule has 2 heterocycles. The number of nitrogens with zero attached hydrogens (tertiary/aromatic N) is 1. The van der Waals surface area contributed by atoms with Crippen LogP contribution in [0.1, 0.15) is 16.8 Å². The second-order valence-corrected chi connectivity index (χ2v) is 5.90. The summed E-state index contributed by atoms with van der Waals surface area (Å²) in [7, 11) is 0. The number of hydrogen-bond acceptors (Lipinski definition) is 3. The van der Waals surface area contributed by atoms with Crippen LogP contribution in [0, 0.1) is 5.41 Å². The Morgan fingerprint density at radius 1 is 1.36 bits per heavy atom. The Labute approximate surface area is 125 Å². The summed E-state index contributed by atoms with van der Waals surface area (Å²) in [5.74, 6) is -0.141. The Hall–Kier alpha value is -1.76. The standard InChI is InChI=1S/C15H16F3NO3/c16-15(17,18)10-22-12-3-1-2-11(6-12)13(20)19-7-14(8-19)4-5-21-9-14/h1-3,6H,4-5,7-10H2. The fourth-order valence-corrected chi connectivity index (χ4v) is 2.87. The number of amides is 1. The molecule has 22 heavy (non-hydrogen) atoms. The third kappa shape index (κ3) is 3.19. The molecule has 0 saturated carbocycles. The van der Waals surface area contributed by atoms with Crippen molar-refractivity contribution in [2.75, 3.05) is 32.9 Å². The molecule has 1 aromatic rings. The normalized spacial score (nSPS) is 20.0. The van der Waals surface area contributed by atoms with Crippen LogP contribution in [0.2, 0.25) is 0 Å². The van der Waals surface area contributed by atoms with Gasteiger partial charge in [-0.25, -0.2) is 0 Å². The zero-order chi connectivity index (χ0) is 15.8. The van der Waals surface area contributed by atoms with Crippen LogP contribution in [0.4, 0.5) is 13.2 Å². The Morgan fingerprint density at radius 3 is 2.77 bits per heavy atom. The molecule has 0 unspecified atom stereocenters. The van der Waals surface area contributed by atoms with Crippen molar-refractivity contribution < 1.29 is 27.4 Å². The Kier molecular flexibility index (Phi) is 3.76. The van der Waals surface area contributed by atoms with E-state index in [1.807, 2.05) is 0 Å². The first-order chi connectivity index (χ1) is 10.4. The average molecular weight is 315 g/mol.